The largest absolute Gasteiger partial charge is 0.494 e. The highest BCUT2D eigenvalue weighted by Crippen LogP contribution is 2.25. The first-order valence-corrected chi connectivity index (χ1v) is 9.71. The predicted molar refractivity (Wildman–Crippen MR) is 108 cm³/mol. The highest BCUT2D eigenvalue weighted by atomic mass is 16.5. The first kappa shape index (κ1) is 22.0. The lowest BCUT2D eigenvalue weighted by Crippen LogP contribution is -2.11. The Bertz CT molecular complexity index is 626. The van der Waals surface area contributed by atoms with Crippen molar-refractivity contribution in [3.63, 3.8) is 0 Å². The van der Waals surface area contributed by atoms with Crippen LogP contribution in [0.2, 0.25) is 0 Å². The zero-order chi connectivity index (χ0) is 19.9. The number of aliphatic hydroxyl groups excluding tert-OH is 1. The number of hydrogen-bond acceptors (Lipinski definition) is 6. The molecule has 0 amide bonds. The normalized spacial score (nSPS) is 10.6. The Kier molecular flexibility index (Phi) is 10.9. The van der Waals surface area contributed by atoms with Crippen LogP contribution in [0.25, 0.3) is 0 Å². The molecule has 6 nitrogen and oxygen atoms in total. The van der Waals surface area contributed by atoms with Crippen LogP contribution in [0.1, 0.15) is 19.8 Å². The maximum atomic E-state index is 8.58. The average molecular weight is 390 g/mol. The molecule has 1 N–H and O–H groups in total. The summed E-state index contributed by atoms with van der Waals surface area (Å²) in [5, 5.41) is 8.58. The van der Waals surface area contributed by atoms with E-state index in [1.165, 1.54) is 0 Å². The Balaban J connectivity index is 1.65. The van der Waals surface area contributed by atoms with E-state index < -0.39 is 0 Å². The molecule has 0 aliphatic carbocycles. The molecule has 0 fully saturated rings. The topological polar surface area (TPSA) is 66.4 Å². The lowest BCUT2D eigenvalue weighted by Gasteiger charge is -2.10. The fourth-order valence-corrected chi connectivity index (χ4v) is 2.28. The number of aliphatic hydroxyl groups is 1. The molecule has 0 saturated carbocycles. The van der Waals surface area contributed by atoms with Gasteiger partial charge in [0.1, 0.15) is 29.6 Å². The minimum absolute atomic E-state index is 0.0294. The predicted octanol–water partition coefficient (Wildman–Crippen LogP) is 4.06. The van der Waals surface area contributed by atoms with Crippen molar-refractivity contribution in [2.24, 2.45) is 0 Å². The van der Waals surface area contributed by atoms with Crippen molar-refractivity contribution >= 4 is 0 Å². The Labute approximate surface area is 166 Å². The lowest BCUT2D eigenvalue weighted by atomic mass is 10.3. The lowest BCUT2D eigenvalue weighted by molar-refractivity contribution is 0.0247. The summed E-state index contributed by atoms with van der Waals surface area (Å²) >= 11 is 0. The number of ether oxygens (including phenoxy) is 5. The van der Waals surface area contributed by atoms with E-state index in [4.69, 9.17) is 28.8 Å². The molecule has 0 bridgehead atoms. The van der Waals surface area contributed by atoms with Gasteiger partial charge in [0.25, 0.3) is 0 Å². The summed E-state index contributed by atoms with van der Waals surface area (Å²) in [5.41, 5.74) is 0. The van der Waals surface area contributed by atoms with Crippen molar-refractivity contribution in [2.45, 2.75) is 19.8 Å². The monoisotopic (exact) mass is 390 g/mol. The first-order valence-electron chi connectivity index (χ1n) is 9.71. The van der Waals surface area contributed by atoms with Crippen molar-refractivity contribution in [1.29, 1.82) is 0 Å². The zero-order valence-corrected chi connectivity index (χ0v) is 16.5. The summed E-state index contributed by atoms with van der Waals surface area (Å²) in [5.74, 6) is 3.11. The highest BCUT2D eigenvalue weighted by molar-refractivity contribution is 5.37. The molecule has 0 radical (unpaired) electrons. The second-order valence-electron chi connectivity index (χ2n) is 6.04. The second kappa shape index (κ2) is 13.8. The first-order chi connectivity index (χ1) is 13.8. The van der Waals surface area contributed by atoms with Crippen LogP contribution in [0.5, 0.6) is 23.0 Å². The molecule has 6 heteroatoms. The summed E-state index contributed by atoms with van der Waals surface area (Å²) in [6.45, 7) is 5.14. The van der Waals surface area contributed by atoms with Gasteiger partial charge in [-0.25, -0.2) is 0 Å². The summed E-state index contributed by atoms with van der Waals surface area (Å²) in [7, 11) is 0. The number of benzene rings is 2. The van der Waals surface area contributed by atoms with E-state index in [0.29, 0.717) is 33.0 Å². The number of unbranched alkanes of at least 4 members (excludes halogenated alkanes) is 1. The molecule has 0 heterocycles. The highest BCUT2D eigenvalue weighted by Gasteiger charge is 2.01. The van der Waals surface area contributed by atoms with E-state index >= 15 is 0 Å². The molecular weight excluding hydrogens is 360 g/mol. The number of rotatable bonds is 15. The summed E-state index contributed by atoms with van der Waals surface area (Å²) in [4.78, 5) is 0. The van der Waals surface area contributed by atoms with Crippen molar-refractivity contribution in [2.75, 3.05) is 46.2 Å². The van der Waals surface area contributed by atoms with Gasteiger partial charge in [0, 0.05) is 0 Å². The summed E-state index contributed by atoms with van der Waals surface area (Å²) < 4.78 is 27.6. The van der Waals surface area contributed by atoms with E-state index in [2.05, 4.69) is 6.92 Å². The molecule has 2 aromatic carbocycles. The zero-order valence-electron chi connectivity index (χ0n) is 16.5. The molecule has 28 heavy (non-hydrogen) atoms. The van der Waals surface area contributed by atoms with Gasteiger partial charge in [0.05, 0.1) is 39.6 Å². The Morgan fingerprint density at radius 1 is 0.607 bits per heavy atom. The molecule has 2 rings (SSSR count). The molecule has 2 aromatic rings. The Morgan fingerprint density at radius 2 is 1.07 bits per heavy atom. The molecule has 0 saturated heterocycles. The van der Waals surface area contributed by atoms with E-state index in [1.54, 1.807) is 0 Å². The molecular formula is C22H30O6. The van der Waals surface area contributed by atoms with Gasteiger partial charge in [-0.05, 0) is 55.0 Å². The van der Waals surface area contributed by atoms with E-state index in [1.807, 2.05) is 48.5 Å². The average Bonchev–Trinajstić information content (AvgIpc) is 2.73. The maximum absolute atomic E-state index is 8.58. The Hall–Kier alpha value is -2.28. The van der Waals surface area contributed by atoms with Crippen molar-refractivity contribution in [3.8, 4) is 23.0 Å². The van der Waals surface area contributed by atoms with Crippen LogP contribution in [0.3, 0.4) is 0 Å². The molecule has 0 atom stereocenters. The molecule has 0 unspecified atom stereocenters. The molecule has 0 aliphatic heterocycles. The van der Waals surface area contributed by atoms with Crippen LogP contribution in [0.15, 0.2) is 48.5 Å². The molecule has 0 spiro atoms. The van der Waals surface area contributed by atoms with E-state index in [9.17, 15) is 0 Å². The fourth-order valence-electron chi connectivity index (χ4n) is 2.28. The Morgan fingerprint density at radius 3 is 1.61 bits per heavy atom. The van der Waals surface area contributed by atoms with Crippen molar-refractivity contribution < 1.29 is 28.8 Å². The van der Waals surface area contributed by atoms with E-state index in [-0.39, 0.29) is 6.61 Å². The standard InChI is InChI=1S/C22H30O6/c1-2-3-13-26-19-4-8-21(9-5-19)28-22-10-6-20(7-11-22)27-18-17-25-16-15-24-14-12-23/h4-11,23H,2-3,12-18H2,1H3. The quantitative estimate of drug-likeness (QED) is 0.463. The van der Waals surface area contributed by atoms with Crippen molar-refractivity contribution in [1.82, 2.24) is 0 Å². The van der Waals surface area contributed by atoms with E-state index in [0.717, 1.165) is 42.4 Å². The van der Waals surface area contributed by atoms with Gasteiger partial charge in [0.2, 0.25) is 0 Å². The van der Waals surface area contributed by atoms with Gasteiger partial charge in [0.15, 0.2) is 0 Å². The third kappa shape index (κ3) is 9.08. The SMILES string of the molecule is CCCCOc1ccc(Oc2ccc(OCCOCCOCCO)cc2)cc1. The second-order valence-corrected chi connectivity index (χ2v) is 6.04. The smallest absolute Gasteiger partial charge is 0.127 e. The summed E-state index contributed by atoms with van der Waals surface area (Å²) in [6, 6.07) is 15.1. The van der Waals surface area contributed by atoms with Crippen LogP contribution in [-0.4, -0.2) is 51.4 Å². The van der Waals surface area contributed by atoms with Gasteiger partial charge in [-0.3, -0.25) is 0 Å². The minimum Gasteiger partial charge on any atom is -0.494 e. The molecule has 154 valence electrons. The van der Waals surface area contributed by atoms with Crippen LogP contribution in [0.4, 0.5) is 0 Å². The van der Waals surface area contributed by atoms with Crippen LogP contribution < -0.4 is 14.2 Å². The van der Waals surface area contributed by atoms with Crippen LogP contribution >= 0.6 is 0 Å². The third-order valence-corrected chi connectivity index (χ3v) is 3.75. The molecule has 0 aliphatic rings. The van der Waals surface area contributed by atoms with Gasteiger partial charge in [-0.15, -0.1) is 0 Å². The minimum atomic E-state index is 0.0294. The summed E-state index contributed by atoms with van der Waals surface area (Å²) in [6.07, 6.45) is 2.17. The van der Waals surface area contributed by atoms with Gasteiger partial charge in [-0.1, -0.05) is 13.3 Å². The molecule has 0 aromatic heterocycles. The van der Waals surface area contributed by atoms with Crippen LogP contribution in [0, 0.1) is 0 Å². The van der Waals surface area contributed by atoms with Gasteiger partial charge in [-0.2, -0.15) is 0 Å². The number of hydrogen-bond donors (Lipinski definition) is 1. The van der Waals surface area contributed by atoms with Gasteiger partial charge >= 0.3 is 0 Å². The fraction of sp³-hybridized carbons (Fsp3) is 0.455. The maximum Gasteiger partial charge on any atom is 0.127 e. The third-order valence-electron chi connectivity index (χ3n) is 3.75. The van der Waals surface area contributed by atoms with Crippen LogP contribution in [-0.2, 0) is 9.47 Å². The van der Waals surface area contributed by atoms with Crippen molar-refractivity contribution in [3.05, 3.63) is 48.5 Å². The van der Waals surface area contributed by atoms with Gasteiger partial charge < -0.3 is 28.8 Å².